The number of unbranched alkanes of at least 4 members (excludes halogenated alkanes) is 12. The van der Waals surface area contributed by atoms with E-state index in [1.54, 1.807) is 0 Å². The van der Waals surface area contributed by atoms with Gasteiger partial charge in [0.05, 0.1) is 31.8 Å². The van der Waals surface area contributed by atoms with E-state index in [9.17, 15) is 33.9 Å². The van der Waals surface area contributed by atoms with Gasteiger partial charge < -0.3 is 33.5 Å². The van der Waals surface area contributed by atoms with Crippen molar-refractivity contribution >= 4 is 35.8 Å². The summed E-state index contributed by atoms with van der Waals surface area (Å²) in [5, 5.41) is 10.4. The first-order valence-electron chi connectivity index (χ1n) is 20.7. The monoisotopic (exact) mass is 772 g/mol. The van der Waals surface area contributed by atoms with Crippen LogP contribution in [0.15, 0.2) is 0 Å². The summed E-state index contributed by atoms with van der Waals surface area (Å²) in [5.41, 5.74) is -1.47. The smallest absolute Gasteiger partial charge is 0.305 e. The van der Waals surface area contributed by atoms with Gasteiger partial charge in [0.15, 0.2) is 0 Å². The minimum absolute atomic E-state index is 0.0451. The highest BCUT2D eigenvalue weighted by molar-refractivity contribution is 5.74. The molecule has 0 atom stereocenters. The lowest BCUT2D eigenvalue weighted by atomic mass is 9.92. The van der Waals surface area contributed by atoms with E-state index in [1.165, 1.54) is 0 Å². The van der Waals surface area contributed by atoms with Gasteiger partial charge in [-0.25, -0.2) is 0 Å². The van der Waals surface area contributed by atoms with Crippen molar-refractivity contribution in [1.29, 1.82) is 0 Å². The number of ether oxygens (including phenoxy) is 6. The molecule has 0 aromatic carbocycles. The van der Waals surface area contributed by atoms with Crippen LogP contribution in [0.25, 0.3) is 0 Å². The van der Waals surface area contributed by atoms with Gasteiger partial charge in [-0.05, 0) is 38.5 Å². The van der Waals surface area contributed by atoms with Crippen molar-refractivity contribution in [3.63, 3.8) is 0 Å². The second-order valence-electron chi connectivity index (χ2n) is 14.1. The van der Waals surface area contributed by atoms with E-state index in [0.29, 0.717) is 19.8 Å². The Morgan fingerprint density at radius 2 is 0.593 bits per heavy atom. The molecular weight excluding hydrogens is 700 g/mol. The number of esters is 6. The topological polar surface area (TPSA) is 178 Å². The maximum Gasteiger partial charge on any atom is 0.305 e. The van der Waals surface area contributed by atoms with Crippen molar-refractivity contribution in [1.82, 2.24) is 0 Å². The van der Waals surface area contributed by atoms with Crippen LogP contribution >= 0.6 is 0 Å². The number of aliphatic hydroxyl groups excluding tert-OH is 1. The molecule has 0 aliphatic carbocycles. The minimum atomic E-state index is -1.47. The molecule has 0 aromatic heterocycles. The highest BCUT2D eigenvalue weighted by atomic mass is 16.6. The fourth-order valence-electron chi connectivity index (χ4n) is 5.20. The molecule has 0 aromatic rings. The van der Waals surface area contributed by atoms with Gasteiger partial charge in [0.2, 0.25) is 0 Å². The van der Waals surface area contributed by atoms with Crippen LogP contribution in [0.1, 0.15) is 175 Å². The number of aliphatic hydroxyl groups is 1. The summed E-state index contributed by atoms with van der Waals surface area (Å²) in [6, 6.07) is 0. The highest BCUT2D eigenvalue weighted by Gasteiger charge is 2.35. The fraction of sp³-hybridized carbons (Fsp3) is 0.854. The van der Waals surface area contributed by atoms with Crippen LogP contribution in [-0.4, -0.2) is 87.2 Å². The molecule has 0 aliphatic heterocycles. The predicted molar refractivity (Wildman–Crippen MR) is 203 cm³/mol. The third-order valence-electron chi connectivity index (χ3n) is 8.77. The van der Waals surface area contributed by atoms with Crippen molar-refractivity contribution in [2.24, 2.45) is 5.41 Å². The van der Waals surface area contributed by atoms with Crippen LogP contribution in [-0.2, 0) is 57.2 Å². The van der Waals surface area contributed by atoms with Gasteiger partial charge in [-0.1, -0.05) is 97.8 Å². The summed E-state index contributed by atoms with van der Waals surface area (Å²) in [5.74, 6) is -3.13. The van der Waals surface area contributed by atoms with Crippen LogP contribution < -0.4 is 0 Å². The van der Waals surface area contributed by atoms with Crippen molar-refractivity contribution < 1.29 is 62.3 Å². The molecular formula is C41H72O13. The average Bonchev–Trinajstić information content (AvgIpc) is 3.15. The zero-order chi connectivity index (χ0) is 40.1. The quantitative estimate of drug-likeness (QED) is 0.0370. The standard InChI is InChI=1S/C41H72O13/c1-4-7-10-13-16-28-49-35(43)22-19-25-38(46)52-32-41(31-42,33-53-39(47)26-20-23-36(44)50-29-17-14-11-8-5-2)34-54-40(48)27-21-24-37(45)51-30-18-15-12-9-6-3/h42H,4-34H2,1-3H3. The van der Waals surface area contributed by atoms with Crippen LogP contribution in [0.3, 0.4) is 0 Å². The molecule has 0 fully saturated rings. The van der Waals surface area contributed by atoms with Crippen molar-refractivity contribution in [3.8, 4) is 0 Å². The zero-order valence-electron chi connectivity index (χ0n) is 33.8. The Hall–Kier alpha value is -3.22. The normalized spacial score (nSPS) is 11.1. The molecule has 1 N–H and O–H groups in total. The third kappa shape index (κ3) is 31.2. The molecule has 13 heteroatoms. The lowest BCUT2D eigenvalue weighted by Crippen LogP contribution is -2.42. The first kappa shape index (κ1) is 50.8. The van der Waals surface area contributed by atoms with Gasteiger partial charge in [-0.15, -0.1) is 0 Å². The van der Waals surface area contributed by atoms with Crippen LogP contribution in [0.5, 0.6) is 0 Å². The molecule has 0 unspecified atom stereocenters. The lowest BCUT2D eigenvalue weighted by molar-refractivity contribution is -0.165. The van der Waals surface area contributed by atoms with Crippen molar-refractivity contribution in [2.75, 3.05) is 46.2 Å². The van der Waals surface area contributed by atoms with E-state index < -0.39 is 67.7 Å². The minimum Gasteiger partial charge on any atom is -0.466 e. The Morgan fingerprint density at radius 3 is 0.833 bits per heavy atom. The molecule has 314 valence electrons. The summed E-state index contributed by atoms with van der Waals surface area (Å²) in [7, 11) is 0. The summed E-state index contributed by atoms with van der Waals surface area (Å²) in [4.78, 5) is 73.7. The fourth-order valence-corrected chi connectivity index (χ4v) is 5.20. The van der Waals surface area contributed by atoms with Gasteiger partial charge in [-0.2, -0.15) is 0 Å². The summed E-state index contributed by atoms with van der Waals surface area (Å²) in [6.45, 7) is 5.47. The zero-order valence-corrected chi connectivity index (χ0v) is 33.8. The number of carbonyl (C=O) groups excluding carboxylic acids is 6. The lowest BCUT2D eigenvalue weighted by Gasteiger charge is -2.30. The van der Waals surface area contributed by atoms with Crippen LogP contribution in [0, 0.1) is 5.41 Å². The van der Waals surface area contributed by atoms with Gasteiger partial charge in [0.25, 0.3) is 0 Å². The van der Waals surface area contributed by atoms with E-state index >= 15 is 0 Å². The third-order valence-corrected chi connectivity index (χ3v) is 8.77. The first-order chi connectivity index (χ1) is 26.1. The van der Waals surface area contributed by atoms with Gasteiger partial charge in [-0.3, -0.25) is 28.8 Å². The molecule has 0 spiro atoms. The maximum atomic E-state index is 12.6. The molecule has 0 saturated heterocycles. The molecule has 0 bridgehead atoms. The summed E-state index contributed by atoms with van der Waals surface area (Å²) >= 11 is 0. The van der Waals surface area contributed by atoms with Gasteiger partial charge in [0.1, 0.15) is 19.8 Å². The predicted octanol–water partition coefficient (Wildman–Crippen LogP) is 7.65. The van der Waals surface area contributed by atoms with E-state index in [-0.39, 0.29) is 57.8 Å². The van der Waals surface area contributed by atoms with Gasteiger partial charge in [0, 0.05) is 38.5 Å². The van der Waals surface area contributed by atoms with E-state index in [1.807, 2.05) is 0 Å². The number of rotatable bonds is 37. The summed E-state index contributed by atoms with van der Waals surface area (Å²) < 4.78 is 31.8. The Bertz CT molecular complexity index is 891. The second kappa shape index (κ2) is 35.5. The number of hydrogen-bond acceptors (Lipinski definition) is 13. The molecule has 0 aliphatic rings. The molecule has 0 heterocycles. The maximum absolute atomic E-state index is 12.6. The average molecular weight is 773 g/mol. The largest absolute Gasteiger partial charge is 0.466 e. The number of hydrogen-bond donors (Lipinski definition) is 1. The molecule has 0 saturated carbocycles. The van der Waals surface area contributed by atoms with E-state index in [0.717, 1.165) is 96.3 Å². The van der Waals surface area contributed by atoms with E-state index in [2.05, 4.69) is 20.8 Å². The number of carbonyl (C=O) groups is 6. The molecule has 0 amide bonds. The first-order valence-corrected chi connectivity index (χ1v) is 20.7. The highest BCUT2D eigenvalue weighted by Crippen LogP contribution is 2.21. The molecule has 0 rings (SSSR count). The Labute approximate surface area is 324 Å². The molecule has 0 radical (unpaired) electrons. The molecule has 54 heavy (non-hydrogen) atoms. The van der Waals surface area contributed by atoms with Crippen molar-refractivity contribution in [2.45, 2.75) is 175 Å². The van der Waals surface area contributed by atoms with Crippen LogP contribution in [0.2, 0.25) is 0 Å². The Morgan fingerprint density at radius 1 is 0.352 bits per heavy atom. The van der Waals surface area contributed by atoms with Gasteiger partial charge >= 0.3 is 35.8 Å². The molecule has 13 nitrogen and oxygen atoms in total. The second-order valence-corrected chi connectivity index (χ2v) is 14.1. The van der Waals surface area contributed by atoms with Crippen LogP contribution in [0.4, 0.5) is 0 Å². The SMILES string of the molecule is CCCCCCCOC(=O)CCCC(=O)OCC(CO)(COC(=O)CCCC(=O)OCCCCCCC)COC(=O)CCCC(=O)OCCCCCCC. The Balaban J connectivity index is 4.90. The van der Waals surface area contributed by atoms with E-state index in [4.69, 9.17) is 28.4 Å². The van der Waals surface area contributed by atoms with Crippen molar-refractivity contribution in [3.05, 3.63) is 0 Å². The summed E-state index contributed by atoms with van der Waals surface area (Å²) in [6.07, 6.45) is 16.0. The Kier molecular flexibility index (Phi) is 33.4.